The third-order valence-electron chi connectivity index (χ3n) is 4.72. The van der Waals surface area contributed by atoms with E-state index < -0.39 is 36.4 Å². The number of aliphatic carboxylic acids is 1. The van der Waals surface area contributed by atoms with Crippen molar-refractivity contribution in [3.8, 4) is 5.75 Å². The van der Waals surface area contributed by atoms with Crippen molar-refractivity contribution in [2.24, 2.45) is 5.41 Å². The summed E-state index contributed by atoms with van der Waals surface area (Å²) in [5.41, 5.74) is -1.99. The Balaban J connectivity index is 1.72. The first-order chi connectivity index (χ1) is 13.2. The van der Waals surface area contributed by atoms with Crippen LogP contribution in [0.5, 0.6) is 5.75 Å². The van der Waals surface area contributed by atoms with Crippen molar-refractivity contribution < 1.29 is 32.6 Å². The summed E-state index contributed by atoms with van der Waals surface area (Å²) in [6.45, 7) is -0.984. The van der Waals surface area contributed by atoms with Gasteiger partial charge in [-0.1, -0.05) is 12.1 Å². The number of pyridine rings is 1. The van der Waals surface area contributed by atoms with Crippen LogP contribution in [0.15, 0.2) is 48.8 Å². The highest BCUT2D eigenvalue weighted by atomic mass is 19.4. The summed E-state index contributed by atoms with van der Waals surface area (Å²) in [5.74, 6) is -2.27. The Labute approximate surface area is 158 Å². The number of aromatic nitrogens is 1. The molecule has 0 radical (unpaired) electrons. The fraction of sp³-hybridized carbons (Fsp3) is 0.316. The lowest BCUT2D eigenvalue weighted by molar-refractivity contribution is -0.227. The molecule has 0 bridgehead atoms. The molecule has 1 N–H and O–H groups in total. The zero-order valence-corrected chi connectivity index (χ0v) is 14.6. The number of carboxylic acid groups (broad SMARTS) is 1. The monoisotopic (exact) mass is 394 g/mol. The summed E-state index contributed by atoms with van der Waals surface area (Å²) in [7, 11) is 0. The van der Waals surface area contributed by atoms with Gasteiger partial charge in [0.15, 0.2) is 5.41 Å². The number of carboxylic acids is 1. The van der Waals surface area contributed by atoms with Gasteiger partial charge in [0.1, 0.15) is 12.4 Å². The first-order valence-electron chi connectivity index (χ1n) is 8.44. The lowest BCUT2D eigenvalue weighted by Gasteiger charge is -2.27. The zero-order valence-electron chi connectivity index (χ0n) is 14.6. The number of benzene rings is 1. The van der Waals surface area contributed by atoms with Crippen molar-refractivity contribution in [1.82, 2.24) is 9.88 Å². The summed E-state index contributed by atoms with van der Waals surface area (Å²) in [6.07, 6.45) is -2.36. The van der Waals surface area contributed by atoms with Gasteiger partial charge in [-0.2, -0.15) is 13.2 Å². The fourth-order valence-corrected chi connectivity index (χ4v) is 3.06. The molecule has 0 spiro atoms. The van der Waals surface area contributed by atoms with E-state index in [-0.39, 0.29) is 18.7 Å². The van der Waals surface area contributed by atoms with Gasteiger partial charge in [0, 0.05) is 36.6 Å². The number of hydrogen-bond acceptors (Lipinski definition) is 4. The molecular formula is C19H17F3N2O4. The first-order valence-corrected chi connectivity index (χ1v) is 8.44. The van der Waals surface area contributed by atoms with Crippen LogP contribution in [-0.4, -0.2) is 46.1 Å². The van der Waals surface area contributed by atoms with Gasteiger partial charge in [0.25, 0.3) is 5.91 Å². The Morgan fingerprint density at radius 2 is 2.04 bits per heavy atom. The minimum Gasteiger partial charge on any atom is -0.489 e. The average Bonchev–Trinajstić information content (AvgIpc) is 3.14. The Hall–Kier alpha value is -3.10. The second-order valence-corrected chi connectivity index (χ2v) is 6.54. The van der Waals surface area contributed by atoms with Crippen LogP contribution in [-0.2, 0) is 11.4 Å². The van der Waals surface area contributed by atoms with Gasteiger partial charge in [-0.05, 0) is 30.7 Å². The van der Waals surface area contributed by atoms with Crippen molar-refractivity contribution in [1.29, 1.82) is 0 Å². The standard InChI is InChI=1S/C19H17F3N2O4/c20-19(21,22)18(17(26)27)6-8-24(12-18)16(25)14-4-1-5-15(9-14)28-11-13-3-2-7-23-10-13/h1-5,7,9-10H,6,8,11-12H2,(H,26,27). The number of likely N-dealkylation sites (tertiary alicyclic amines) is 1. The van der Waals surface area contributed by atoms with Crippen LogP contribution in [0.2, 0.25) is 0 Å². The minimum absolute atomic E-state index is 0.132. The highest BCUT2D eigenvalue weighted by molar-refractivity contribution is 5.95. The highest BCUT2D eigenvalue weighted by Crippen LogP contribution is 2.46. The number of carbonyl (C=O) groups excluding carboxylic acids is 1. The number of amides is 1. The van der Waals surface area contributed by atoms with Gasteiger partial charge in [0.05, 0.1) is 0 Å². The maximum Gasteiger partial charge on any atom is 0.406 e. The normalized spacial score (nSPS) is 19.5. The smallest absolute Gasteiger partial charge is 0.406 e. The van der Waals surface area contributed by atoms with Gasteiger partial charge >= 0.3 is 12.1 Å². The topological polar surface area (TPSA) is 79.7 Å². The fourth-order valence-electron chi connectivity index (χ4n) is 3.06. The molecule has 9 heteroatoms. The van der Waals surface area contributed by atoms with Crippen LogP contribution < -0.4 is 4.74 Å². The SMILES string of the molecule is O=C(c1cccc(OCc2cccnc2)c1)N1CCC(C(=O)O)(C(F)(F)F)C1. The van der Waals surface area contributed by atoms with Crippen LogP contribution in [0.3, 0.4) is 0 Å². The molecule has 1 saturated heterocycles. The molecule has 0 aliphatic carbocycles. The number of ether oxygens (including phenoxy) is 1. The van der Waals surface area contributed by atoms with Gasteiger partial charge in [-0.3, -0.25) is 14.6 Å². The molecule has 1 aliphatic rings. The van der Waals surface area contributed by atoms with E-state index in [1.807, 2.05) is 6.07 Å². The van der Waals surface area contributed by atoms with Gasteiger partial charge in [-0.15, -0.1) is 0 Å². The quantitative estimate of drug-likeness (QED) is 0.843. The van der Waals surface area contributed by atoms with E-state index in [1.54, 1.807) is 30.6 Å². The van der Waals surface area contributed by atoms with Crippen LogP contribution in [0.1, 0.15) is 22.3 Å². The molecule has 1 unspecified atom stereocenters. The number of alkyl halides is 3. The van der Waals surface area contributed by atoms with E-state index >= 15 is 0 Å². The predicted octanol–water partition coefficient (Wildman–Crippen LogP) is 3.14. The van der Waals surface area contributed by atoms with E-state index in [9.17, 15) is 22.8 Å². The number of rotatable bonds is 5. The highest BCUT2D eigenvalue weighted by Gasteiger charge is 2.64. The molecule has 2 aromatic rings. The Morgan fingerprint density at radius 1 is 1.25 bits per heavy atom. The van der Waals surface area contributed by atoms with E-state index in [0.717, 1.165) is 10.5 Å². The predicted molar refractivity (Wildman–Crippen MR) is 91.7 cm³/mol. The van der Waals surface area contributed by atoms with E-state index in [1.165, 1.54) is 12.1 Å². The van der Waals surface area contributed by atoms with Crippen LogP contribution in [0.25, 0.3) is 0 Å². The molecule has 1 aromatic heterocycles. The first kappa shape index (κ1) is 19.7. The van der Waals surface area contributed by atoms with Crippen molar-refractivity contribution in [2.75, 3.05) is 13.1 Å². The Kier molecular flexibility index (Phi) is 5.26. The van der Waals surface area contributed by atoms with Crippen molar-refractivity contribution in [2.45, 2.75) is 19.2 Å². The van der Waals surface area contributed by atoms with E-state index in [0.29, 0.717) is 5.75 Å². The summed E-state index contributed by atoms with van der Waals surface area (Å²) >= 11 is 0. The molecule has 1 amide bonds. The molecule has 1 aromatic carbocycles. The summed E-state index contributed by atoms with van der Waals surface area (Å²) in [4.78, 5) is 28.8. The van der Waals surface area contributed by atoms with Gasteiger partial charge in [0.2, 0.25) is 0 Å². The summed E-state index contributed by atoms with van der Waals surface area (Å²) < 4.78 is 45.5. The third-order valence-corrected chi connectivity index (χ3v) is 4.72. The average molecular weight is 394 g/mol. The van der Waals surface area contributed by atoms with E-state index in [2.05, 4.69) is 4.98 Å². The molecule has 6 nitrogen and oxygen atoms in total. The number of hydrogen-bond donors (Lipinski definition) is 1. The second-order valence-electron chi connectivity index (χ2n) is 6.54. The minimum atomic E-state index is -4.94. The molecule has 2 heterocycles. The molecule has 3 rings (SSSR count). The molecular weight excluding hydrogens is 377 g/mol. The summed E-state index contributed by atoms with van der Waals surface area (Å²) in [6, 6.07) is 9.61. The summed E-state index contributed by atoms with van der Waals surface area (Å²) in [5, 5.41) is 9.11. The number of nitrogens with zero attached hydrogens (tertiary/aromatic N) is 2. The molecule has 148 valence electrons. The van der Waals surface area contributed by atoms with Crippen molar-refractivity contribution >= 4 is 11.9 Å². The van der Waals surface area contributed by atoms with Gasteiger partial charge < -0.3 is 14.7 Å². The molecule has 1 aliphatic heterocycles. The van der Waals surface area contributed by atoms with Gasteiger partial charge in [-0.25, -0.2) is 0 Å². The van der Waals surface area contributed by atoms with E-state index in [4.69, 9.17) is 9.84 Å². The second kappa shape index (κ2) is 7.49. The Bertz CT molecular complexity index is 873. The lowest BCUT2D eigenvalue weighted by atomic mass is 9.86. The van der Waals surface area contributed by atoms with Crippen LogP contribution in [0, 0.1) is 5.41 Å². The maximum absolute atomic E-state index is 13.3. The molecule has 1 atom stereocenters. The molecule has 1 fully saturated rings. The Morgan fingerprint density at radius 3 is 2.64 bits per heavy atom. The zero-order chi connectivity index (χ0) is 20.4. The van der Waals surface area contributed by atoms with Crippen molar-refractivity contribution in [3.63, 3.8) is 0 Å². The number of halogens is 3. The van der Waals surface area contributed by atoms with Crippen LogP contribution >= 0.6 is 0 Å². The van der Waals surface area contributed by atoms with Crippen molar-refractivity contribution in [3.05, 3.63) is 59.9 Å². The molecule has 28 heavy (non-hydrogen) atoms. The number of carbonyl (C=O) groups is 2. The lowest BCUT2D eigenvalue weighted by Crippen LogP contribution is -2.47. The maximum atomic E-state index is 13.3. The van der Waals surface area contributed by atoms with Crippen LogP contribution in [0.4, 0.5) is 13.2 Å². The molecule has 0 saturated carbocycles. The third kappa shape index (κ3) is 3.78. The largest absolute Gasteiger partial charge is 0.489 e.